The molecule has 90 valence electrons. The molecule has 1 heteroatoms. The van der Waals surface area contributed by atoms with E-state index in [1.165, 1.54) is 16.7 Å². The summed E-state index contributed by atoms with van der Waals surface area (Å²) < 4.78 is 0. The van der Waals surface area contributed by atoms with Crippen LogP contribution in [-0.4, -0.2) is 0 Å². The molecule has 0 fully saturated rings. The van der Waals surface area contributed by atoms with Crippen LogP contribution in [0.5, 0.6) is 0 Å². The van der Waals surface area contributed by atoms with Crippen LogP contribution < -0.4 is 0 Å². The molecule has 0 bridgehead atoms. The second kappa shape index (κ2) is 5.72. The smallest absolute Gasteiger partial charge is 0.0585 e. The molecule has 1 unspecified atom stereocenters. The molecule has 0 amide bonds. The summed E-state index contributed by atoms with van der Waals surface area (Å²) in [5.74, 6) is 1.13. The minimum absolute atomic E-state index is 0.151. The molecule has 0 aliphatic heterocycles. The van der Waals surface area contributed by atoms with Gasteiger partial charge < -0.3 is 0 Å². The molecular weight excluding hydrogens is 216 g/mol. The van der Waals surface area contributed by atoms with Crippen LogP contribution in [0.15, 0.2) is 18.2 Å². The van der Waals surface area contributed by atoms with Gasteiger partial charge in [-0.2, -0.15) is 0 Å². The van der Waals surface area contributed by atoms with Gasteiger partial charge in [0.25, 0.3) is 0 Å². The highest BCUT2D eigenvalue weighted by atomic mass is 35.5. The first-order chi connectivity index (χ1) is 7.47. The molecule has 1 rings (SSSR count). The Morgan fingerprint density at radius 1 is 1.00 bits per heavy atom. The quantitative estimate of drug-likeness (QED) is 0.597. The van der Waals surface area contributed by atoms with E-state index in [-0.39, 0.29) is 5.38 Å². The monoisotopic (exact) mass is 238 g/mol. The van der Waals surface area contributed by atoms with Crippen LogP contribution in [0.1, 0.15) is 74.9 Å². The average molecular weight is 239 g/mol. The van der Waals surface area contributed by atoms with Gasteiger partial charge in [-0.1, -0.05) is 52.8 Å². The van der Waals surface area contributed by atoms with Gasteiger partial charge in [0.15, 0.2) is 0 Å². The predicted octanol–water partition coefficient (Wildman–Crippen LogP) is 5.62. The van der Waals surface area contributed by atoms with Gasteiger partial charge in [0.1, 0.15) is 0 Å². The van der Waals surface area contributed by atoms with Crippen LogP contribution in [-0.2, 0) is 0 Å². The summed E-state index contributed by atoms with van der Waals surface area (Å²) in [6.45, 7) is 11.1. The minimum Gasteiger partial charge on any atom is -0.118 e. The number of alkyl halides is 1. The van der Waals surface area contributed by atoms with Crippen molar-refractivity contribution in [1.82, 2.24) is 0 Å². The van der Waals surface area contributed by atoms with E-state index in [0.29, 0.717) is 11.8 Å². The first-order valence-electron chi connectivity index (χ1n) is 6.25. The number of benzene rings is 1. The van der Waals surface area contributed by atoms with Crippen molar-refractivity contribution in [3.63, 3.8) is 0 Å². The van der Waals surface area contributed by atoms with Crippen molar-refractivity contribution in [1.29, 1.82) is 0 Å². The molecule has 0 aromatic heterocycles. The zero-order chi connectivity index (χ0) is 12.3. The van der Waals surface area contributed by atoms with Gasteiger partial charge in [0.2, 0.25) is 0 Å². The lowest BCUT2D eigenvalue weighted by molar-refractivity contribution is 0.791. The van der Waals surface area contributed by atoms with Crippen molar-refractivity contribution < 1.29 is 0 Å². The Labute approximate surface area is 105 Å². The minimum atomic E-state index is 0.151. The highest BCUT2D eigenvalue weighted by molar-refractivity contribution is 6.20. The van der Waals surface area contributed by atoms with Crippen molar-refractivity contribution in [3.8, 4) is 0 Å². The SMILES string of the molecule is CCC(Cl)c1ccc(C(C)C)cc1C(C)C. The Kier molecular flexibility index (Phi) is 4.86. The molecule has 0 saturated carbocycles. The average Bonchev–Trinajstić information content (AvgIpc) is 2.26. The normalized spacial score (nSPS) is 13.5. The molecule has 0 heterocycles. The lowest BCUT2D eigenvalue weighted by Gasteiger charge is -2.19. The second-order valence-electron chi connectivity index (χ2n) is 5.07. The van der Waals surface area contributed by atoms with E-state index in [2.05, 4.69) is 52.8 Å². The molecule has 16 heavy (non-hydrogen) atoms. The molecule has 0 aliphatic carbocycles. The van der Waals surface area contributed by atoms with Crippen LogP contribution in [0.25, 0.3) is 0 Å². The number of hydrogen-bond donors (Lipinski definition) is 0. The first-order valence-corrected chi connectivity index (χ1v) is 6.68. The van der Waals surface area contributed by atoms with E-state index >= 15 is 0 Å². The van der Waals surface area contributed by atoms with Crippen molar-refractivity contribution in [3.05, 3.63) is 34.9 Å². The fourth-order valence-corrected chi connectivity index (χ4v) is 2.16. The third kappa shape index (κ3) is 3.01. The maximum atomic E-state index is 6.37. The van der Waals surface area contributed by atoms with E-state index in [4.69, 9.17) is 11.6 Å². The summed E-state index contributed by atoms with van der Waals surface area (Å²) in [4.78, 5) is 0. The highest BCUT2D eigenvalue weighted by Gasteiger charge is 2.14. The molecule has 0 aliphatic rings. The topological polar surface area (TPSA) is 0 Å². The Morgan fingerprint density at radius 3 is 2.06 bits per heavy atom. The van der Waals surface area contributed by atoms with Crippen LogP contribution >= 0.6 is 11.6 Å². The van der Waals surface area contributed by atoms with Gasteiger partial charge >= 0.3 is 0 Å². The van der Waals surface area contributed by atoms with Crippen molar-refractivity contribution in [2.24, 2.45) is 0 Å². The second-order valence-corrected chi connectivity index (χ2v) is 5.60. The molecule has 0 N–H and O–H groups in total. The standard InChI is InChI=1S/C15H23Cl/c1-6-15(16)13-8-7-12(10(2)3)9-14(13)11(4)5/h7-11,15H,6H2,1-5H3. The molecule has 1 aromatic rings. The predicted molar refractivity (Wildman–Crippen MR) is 73.5 cm³/mol. The van der Waals surface area contributed by atoms with Gasteiger partial charge in [-0.15, -0.1) is 11.6 Å². The third-order valence-electron chi connectivity index (χ3n) is 3.10. The van der Waals surface area contributed by atoms with Gasteiger partial charge in [0, 0.05) is 0 Å². The lowest BCUT2D eigenvalue weighted by Crippen LogP contribution is -2.01. The highest BCUT2D eigenvalue weighted by Crippen LogP contribution is 2.33. The van der Waals surface area contributed by atoms with E-state index in [9.17, 15) is 0 Å². The molecule has 0 radical (unpaired) electrons. The van der Waals surface area contributed by atoms with Crippen LogP contribution in [0.4, 0.5) is 0 Å². The maximum Gasteiger partial charge on any atom is 0.0585 e. The van der Waals surface area contributed by atoms with Crippen LogP contribution in [0.2, 0.25) is 0 Å². The molecule has 0 spiro atoms. The lowest BCUT2D eigenvalue weighted by atomic mass is 9.90. The fourth-order valence-electron chi connectivity index (χ4n) is 1.96. The third-order valence-corrected chi connectivity index (χ3v) is 3.64. The Bertz CT molecular complexity index is 339. The summed E-state index contributed by atoms with van der Waals surface area (Å²) in [6.07, 6.45) is 0.988. The summed E-state index contributed by atoms with van der Waals surface area (Å²) in [6, 6.07) is 6.76. The zero-order valence-electron chi connectivity index (χ0n) is 11.0. The van der Waals surface area contributed by atoms with Gasteiger partial charge in [-0.05, 0) is 34.9 Å². The summed E-state index contributed by atoms with van der Waals surface area (Å²) in [5.41, 5.74) is 4.13. The number of halogens is 1. The van der Waals surface area contributed by atoms with Crippen molar-refractivity contribution in [2.45, 2.75) is 58.3 Å². The maximum absolute atomic E-state index is 6.37. The first kappa shape index (κ1) is 13.6. The Balaban J connectivity index is 3.19. The molecule has 1 atom stereocenters. The van der Waals surface area contributed by atoms with Gasteiger partial charge in [0.05, 0.1) is 5.38 Å². The number of hydrogen-bond acceptors (Lipinski definition) is 0. The van der Waals surface area contributed by atoms with Crippen molar-refractivity contribution in [2.75, 3.05) is 0 Å². The van der Waals surface area contributed by atoms with Crippen LogP contribution in [0.3, 0.4) is 0 Å². The van der Waals surface area contributed by atoms with Gasteiger partial charge in [-0.25, -0.2) is 0 Å². The summed E-state index contributed by atoms with van der Waals surface area (Å²) >= 11 is 6.37. The Hall–Kier alpha value is -0.490. The van der Waals surface area contributed by atoms with Gasteiger partial charge in [-0.3, -0.25) is 0 Å². The van der Waals surface area contributed by atoms with E-state index in [1.807, 2.05) is 0 Å². The van der Waals surface area contributed by atoms with E-state index < -0.39 is 0 Å². The zero-order valence-corrected chi connectivity index (χ0v) is 11.8. The Morgan fingerprint density at radius 2 is 1.62 bits per heavy atom. The molecule has 0 saturated heterocycles. The number of rotatable bonds is 4. The van der Waals surface area contributed by atoms with E-state index in [0.717, 1.165) is 6.42 Å². The van der Waals surface area contributed by atoms with E-state index in [1.54, 1.807) is 0 Å². The summed E-state index contributed by atoms with van der Waals surface area (Å²) in [7, 11) is 0. The van der Waals surface area contributed by atoms with Crippen molar-refractivity contribution >= 4 is 11.6 Å². The summed E-state index contributed by atoms with van der Waals surface area (Å²) in [5, 5.41) is 0.151. The van der Waals surface area contributed by atoms with Crippen LogP contribution in [0, 0.1) is 0 Å². The largest absolute Gasteiger partial charge is 0.118 e. The molecule has 1 aromatic carbocycles. The molecular formula is C15H23Cl. The fraction of sp³-hybridized carbons (Fsp3) is 0.600. The molecule has 0 nitrogen and oxygen atoms in total.